The SMILES string of the molecule is CCCCN[Si](NCC)(NCC)OC(C)(C)C. The van der Waals surface area contributed by atoms with Crippen LogP contribution in [0, 0.1) is 0 Å². The molecule has 0 saturated carbocycles. The van der Waals surface area contributed by atoms with Crippen molar-refractivity contribution in [1.29, 1.82) is 0 Å². The number of hydrogen-bond acceptors (Lipinski definition) is 4. The van der Waals surface area contributed by atoms with E-state index in [4.69, 9.17) is 4.43 Å². The van der Waals surface area contributed by atoms with Gasteiger partial charge in [0.1, 0.15) is 0 Å². The summed E-state index contributed by atoms with van der Waals surface area (Å²) in [6.45, 7) is 15.6. The Morgan fingerprint density at radius 2 is 1.47 bits per heavy atom. The normalized spacial score (nSPS) is 13.1. The minimum atomic E-state index is -2.22. The summed E-state index contributed by atoms with van der Waals surface area (Å²) in [5, 5.41) is 0. The summed E-state index contributed by atoms with van der Waals surface area (Å²) in [5.41, 5.74) is -0.143. The quantitative estimate of drug-likeness (QED) is 0.438. The summed E-state index contributed by atoms with van der Waals surface area (Å²) < 4.78 is 6.26. The zero-order valence-electron chi connectivity index (χ0n) is 12.4. The maximum atomic E-state index is 6.26. The zero-order chi connectivity index (χ0) is 13.4. The van der Waals surface area contributed by atoms with Gasteiger partial charge >= 0.3 is 8.80 Å². The molecule has 0 radical (unpaired) electrons. The minimum Gasteiger partial charge on any atom is -0.375 e. The zero-order valence-corrected chi connectivity index (χ0v) is 13.4. The van der Waals surface area contributed by atoms with Crippen molar-refractivity contribution in [3.8, 4) is 0 Å². The average Bonchev–Trinajstić information content (AvgIpc) is 2.16. The molecule has 0 aliphatic carbocycles. The lowest BCUT2D eigenvalue weighted by Crippen LogP contribution is -2.76. The van der Waals surface area contributed by atoms with Crippen molar-refractivity contribution in [3.63, 3.8) is 0 Å². The molecule has 0 spiro atoms. The summed E-state index contributed by atoms with van der Waals surface area (Å²) >= 11 is 0. The number of hydrogen-bond donors (Lipinski definition) is 3. The van der Waals surface area contributed by atoms with E-state index >= 15 is 0 Å². The van der Waals surface area contributed by atoms with Gasteiger partial charge in [-0.2, -0.15) is 0 Å². The molecule has 0 aromatic rings. The standard InChI is InChI=1S/C12H31N3OSi/c1-7-10-11-15-17(13-8-2,14-9-3)16-12(4,5)6/h13-15H,7-11H2,1-6H3. The number of nitrogens with one attached hydrogen (secondary N) is 3. The van der Waals surface area contributed by atoms with Gasteiger partial charge in [0.05, 0.1) is 5.60 Å². The highest BCUT2D eigenvalue weighted by Crippen LogP contribution is 2.11. The van der Waals surface area contributed by atoms with Crippen molar-refractivity contribution in [2.75, 3.05) is 19.6 Å². The van der Waals surface area contributed by atoms with E-state index in [1.54, 1.807) is 0 Å². The molecule has 3 N–H and O–H groups in total. The molecule has 0 amide bonds. The molecule has 4 nitrogen and oxygen atoms in total. The van der Waals surface area contributed by atoms with E-state index in [1.807, 2.05) is 0 Å². The van der Waals surface area contributed by atoms with Crippen molar-refractivity contribution in [2.24, 2.45) is 0 Å². The molecule has 0 aromatic heterocycles. The van der Waals surface area contributed by atoms with Gasteiger partial charge in [-0.25, -0.2) is 0 Å². The minimum absolute atomic E-state index is 0.143. The molecule has 0 rings (SSSR count). The van der Waals surface area contributed by atoms with Crippen LogP contribution in [0.5, 0.6) is 0 Å². The highest BCUT2D eigenvalue weighted by molar-refractivity contribution is 6.66. The Hall–Kier alpha value is 0.0569. The summed E-state index contributed by atoms with van der Waals surface area (Å²) in [5.74, 6) is 0. The van der Waals surface area contributed by atoms with Gasteiger partial charge in [-0.3, -0.25) is 14.9 Å². The second-order valence-electron chi connectivity index (χ2n) is 5.24. The first-order valence-electron chi connectivity index (χ1n) is 6.84. The van der Waals surface area contributed by atoms with Crippen LogP contribution in [0.3, 0.4) is 0 Å². The van der Waals surface area contributed by atoms with Crippen LogP contribution in [0.1, 0.15) is 54.4 Å². The predicted molar refractivity (Wildman–Crippen MR) is 76.9 cm³/mol. The molecule has 0 aromatic carbocycles. The smallest absolute Gasteiger partial charge is 0.375 e. The summed E-state index contributed by atoms with van der Waals surface area (Å²) in [6, 6.07) is 0. The first kappa shape index (κ1) is 17.1. The fourth-order valence-corrected chi connectivity index (χ4v) is 4.73. The van der Waals surface area contributed by atoms with E-state index < -0.39 is 8.80 Å². The first-order chi connectivity index (χ1) is 7.89. The van der Waals surface area contributed by atoms with Crippen LogP contribution in [0.2, 0.25) is 0 Å². The Kier molecular flexibility index (Phi) is 8.24. The second-order valence-corrected chi connectivity index (χ2v) is 7.86. The van der Waals surface area contributed by atoms with Gasteiger partial charge in [0.15, 0.2) is 0 Å². The van der Waals surface area contributed by atoms with E-state index in [9.17, 15) is 0 Å². The summed E-state index contributed by atoms with van der Waals surface area (Å²) in [7, 11) is -2.22. The van der Waals surface area contributed by atoms with Crippen molar-refractivity contribution in [1.82, 2.24) is 14.9 Å². The Morgan fingerprint density at radius 3 is 1.82 bits per heavy atom. The highest BCUT2D eigenvalue weighted by Gasteiger charge is 2.39. The maximum Gasteiger partial charge on any atom is 0.440 e. The number of rotatable bonds is 9. The second kappa shape index (κ2) is 8.21. The Bertz CT molecular complexity index is 189. The fourth-order valence-electron chi connectivity index (χ4n) is 1.69. The largest absolute Gasteiger partial charge is 0.440 e. The van der Waals surface area contributed by atoms with Gasteiger partial charge in [0.2, 0.25) is 0 Å². The van der Waals surface area contributed by atoms with Gasteiger partial charge in [-0.15, -0.1) is 0 Å². The van der Waals surface area contributed by atoms with Gasteiger partial charge < -0.3 is 4.43 Å². The highest BCUT2D eigenvalue weighted by atomic mass is 28.4. The molecule has 5 heteroatoms. The average molecular weight is 261 g/mol. The molecule has 0 bridgehead atoms. The lowest BCUT2D eigenvalue weighted by Gasteiger charge is -2.37. The Balaban J connectivity index is 4.59. The van der Waals surface area contributed by atoms with Crippen LogP contribution in [0.15, 0.2) is 0 Å². The van der Waals surface area contributed by atoms with E-state index in [-0.39, 0.29) is 5.60 Å². The Labute approximate surface area is 108 Å². The van der Waals surface area contributed by atoms with Crippen molar-refractivity contribution in [2.45, 2.75) is 60.0 Å². The number of unbranched alkanes of at least 4 members (excludes halogenated alkanes) is 1. The molecule has 0 unspecified atom stereocenters. The van der Waals surface area contributed by atoms with Crippen molar-refractivity contribution in [3.05, 3.63) is 0 Å². The van der Waals surface area contributed by atoms with Gasteiger partial charge in [-0.1, -0.05) is 27.2 Å². The van der Waals surface area contributed by atoms with Crippen LogP contribution in [0.25, 0.3) is 0 Å². The van der Waals surface area contributed by atoms with Crippen molar-refractivity contribution >= 4 is 8.80 Å². The van der Waals surface area contributed by atoms with Crippen LogP contribution >= 0.6 is 0 Å². The molecule has 17 heavy (non-hydrogen) atoms. The predicted octanol–water partition coefficient (Wildman–Crippen LogP) is 1.85. The van der Waals surface area contributed by atoms with E-state index in [1.165, 1.54) is 12.8 Å². The fraction of sp³-hybridized carbons (Fsp3) is 1.00. The molecule has 0 aliphatic heterocycles. The molecule has 0 heterocycles. The molecule has 0 atom stereocenters. The lowest BCUT2D eigenvalue weighted by molar-refractivity contribution is 0.101. The molecule has 0 aliphatic rings. The molecule has 0 fully saturated rings. The molecule has 0 saturated heterocycles. The molecule has 104 valence electrons. The lowest BCUT2D eigenvalue weighted by atomic mass is 10.2. The topological polar surface area (TPSA) is 45.3 Å². The molecular weight excluding hydrogens is 230 g/mol. The van der Waals surface area contributed by atoms with Crippen LogP contribution in [-0.4, -0.2) is 34.0 Å². The van der Waals surface area contributed by atoms with Gasteiger partial charge in [-0.05, 0) is 46.8 Å². The third-order valence-electron chi connectivity index (χ3n) is 2.21. The third-order valence-corrected chi connectivity index (χ3v) is 5.58. The monoisotopic (exact) mass is 261 g/mol. The Morgan fingerprint density at radius 1 is 0.941 bits per heavy atom. The molecular formula is C12H31N3OSi. The van der Waals surface area contributed by atoms with Gasteiger partial charge in [0.25, 0.3) is 0 Å². The van der Waals surface area contributed by atoms with Crippen molar-refractivity contribution < 1.29 is 4.43 Å². The van der Waals surface area contributed by atoms with E-state index in [0.29, 0.717) is 0 Å². The summed E-state index contributed by atoms with van der Waals surface area (Å²) in [6.07, 6.45) is 2.38. The summed E-state index contributed by atoms with van der Waals surface area (Å²) in [4.78, 5) is 10.6. The third kappa shape index (κ3) is 7.89. The first-order valence-corrected chi connectivity index (χ1v) is 8.75. The van der Waals surface area contributed by atoms with Crippen LogP contribution in [0.4, 0.5) is 0 Å². The van der Waals surface area contributed by atoms with E-state index in [2.05, 4.69) is 56.5 Å². The maximum absolute atomic E-state index is 6.26. The van der Waals surface area contributed by atoms with E-state index in [0.717, 1.165) is 19.6 Å². The van der Waals surface area contributed by atoms with Gasteiger partial charge in [0, 0.05) is 0 Å². The van der Waals surface area contributed by atoms with Crippen LogP contribution in [-0.2, 0) is 4.43 Å². The van der Waals surface area contributed by atoms with Crippen LogP contribution < -0.4 is 14.9 Å².